The van der Waals surface area contributed by atoms with Crippen molar-refractivity contribution in [3.63, 3.8) is 0 Å². The second kappa shape index (κ2) is 7.10. The van der Waals surface area contributed by atoms with Crippen LogP contribution < -0.4 is 0 Å². The van der Waals surface area contributed by atoms with Crippen molar-refractivity contribution in [2.45, 2.75) is 44.6 Å². The van der Waals surface area contributed by atoms with Crippen molar-refractivity contribution in [1.82, 2.24) is 4.90 Å². The van der Waals surface area contributed by atoms with E-state index in [0.29, 0.717) is 6.10 Å². The molecule has 4 nitrogen and oxygen atoms in total. The first-order valence-electron chi connectivity index (χ1n) is 7.21. The summed E-state index contributed by atoms with van der Waals surface area (Å²) in [7, 11) is 1.48. The fraction of sp³-hybridized carbons (Fsp3) is 0.929. The predicted octanol–water partition coefficient (Wildman–Crippen LogP) is 1.83. The number of ether oxygens (including phenoxy) is 2. The molecule has 0 aromatic rings. The number of esters is 1. The van der Waals surface area contributed by atoms with Crippen LogP contribution in [-0.2, 0) is 14.3 Å². The van der Waals surface area contributed by atoms with Crippen LogP contribution >= 0.6 is 0 Å². The highest BCUT2D eigenvalue weighted by Crippen LogP contribution is 2.20. The Bertz CT molecular complexity index is 264. The molecule has 2 saturated heterocycles. The Labute approximate surface area is 110 Å². The zero-order chi connectivity index (χ0) is 12.8. The molecule has 2 rings (SSSR count). The van der Waals surface area contributed by atoms with Gasteiger partial charge in [-0.3, -0.25) is 4.79 Å². The largest absolute Gasteiger partial charge is 0.469 e. The van der Waals surface area contributed by atoms with Crippen LogP contribution in [0.2, 0.25) is 0 Å². The first-order valence-corrected chi connectivity index (χ1v) is 7.21. The van der Waals surface area contributed by atoms with Gasteiger partial charge in [-0.1, -0.05) is 0 Å². The summed E-state index contributed by atoms with van der Waals surface area (Å²) in [5.41, 5.74) is 0. The molecule has 0 bridgehead atoms. The first kappa shape index (κ1) is 13.8. The van der Waals surface area contributed by atoms with Gasteiger partial charge in [0.05, 0.1) is 19.1 Å². The lowest BCUT2D eigenvalue weighted by Gasteiger charge is -2.31. The summed E-state index contributed by atoms with van der Waals surface area (Å²) in [6.07, 6.45) is 7.38. The quantitative estimate of drug-likeness (QED) is 0.703. The molecule has 2 heterocycles. The normalized spacial score (nSPS) is 29.4. The van der Waals surface area contributed by atoms with Crippen molar-refractivity contribution in [3.8, 4) is 0 Å². The summed E-state index contributed by atoms with van der Waals surface area (Å²) in [5, 5.41) is 0. The Kier molecular flexibility index (Phi) is 5.45. The Morgan fingerprint density at radius 3 is 3.00 bits per heavy atom. The number of carbonyl (C=O) groups is 1. The molecular weight excluding hydrogens is 230 g/mol. The molecule has 0 radical (unpaired) electrons. The van der Waals surface area contributed by atoms with Gasteiger partial charge in [-0.15, -0.1) is 0 Å². The van der Waals surface area contributed by atoms with E-state index in [4.69, 9.17) is 9.47 Å². The second-order valence-electron chi connectivity index (χ2n) is 5.44. The van der Waals surface area contributed by atoms with Crippen molar-refractivity contribution >= 4 is 5.97 Å². The summed E-state index contributed by atoms with van der Waals surface area (Å²) >= 11 is 0. The average molecular weight is 255 g/mol. The monoisotopic (exact) mass is 255 g/mol. The number of hydrogen-bond acceptors (Lipinski definition) is 4. The molecule has 0 spiro atoms. The molecule has 0 amide bonds. The van der Waals surface area contributed by atoms with Crippen molar-refractivity contribution in [3.05, 3.63) is 0 Å². The molecule has 2 atom stereocenters. The Morgan fingerprint density at radius 2 is 2.28 bits per heavy atom. The van der Waals surface area contributed by atoms with Gasteiger partial charge in [-0.05, 0) is 51.6 Å². The molecule has 18 heavy (non-hydrogen) atoms. The maximum absolute atomic E-state index is 11.5. The van der Waals surface area contributed by atoms with E-state index in [1.165, 1.54) is 32.8 Å². The molecule has 0 aromatic heterocycles. The molecule has 2 fully saturated rings. The molecule has 2 aliphatic heterocycles. The standard InChI is InChI=1S/C14H25NO3/c1-17-14(16)12-5-2-8-15(11-12)9-3-6-13-7-4-10-18-13/h12-13H,2-11H2,1H3/t12-,13?/m0/s1. The van der Waals surface area contributed by atoms with Crippen molar-refractivity contribution < 1.29 is 14.3 Å². The van der Waals surface area contributed by atoms with Crippen LogP contribution in [0.1, 0.15) is 38.5 Å². The summed E-state index contributed by atoms with van der Waals surface area (Å²) < 4.78 is 10.5. The third-order valence-corrected chi connectivity index (χ3v) is 4.06. The van der Waals surface area contributed by atoms with Gasteiger partial charge in [-0.25, -0.2) is 0 Å². The van der Waals surface area contributed by atoms with Gasteiger partial charge < -0.3 is 14.4 Å². The minimum atomic E-state index is -0.0428. The number of likely N-dealkylation sites (tertiary alicyclic amines) is 1. The Hall–Kier alpha value is -0.610. The first-order chi connectivity index (χ1) is 8.79. The van der Waals surface area contributed by atoms with Gasteiger partial charge in [0.25, 0.3) is 0 Å². The van der Waals surface area contributed by atoms with E-state index >= 15 is 0 Å². The zero-order valence-corrected chi connectivity index (χ0v) is 11.4. The van der Waals surface area contributed by atoms with Crippen LogP contribution in [0, 0.1) is 5.92 Å². The molecule has 2 aliphatic rings. The smallest absolute Gasteiger partial charge is 0.309 e. The predicted molar refractivity (Wildman–Crippen MR) is 69.4 cm³/mol. The topological polar surface area (TPSA) is 38.8 Å². The summed E-state index contributed by atoms with van der Waals surface area (Å²) in [6, 6.07) is 0. The van der Waals surface area contributed by atoms with E-state index in [1.54, 1.807) is 0 Å². The molecule has 1 unspecified atom stereocenters. The van der Waals surface area contributed by atoms with E-state index < -0.39 is 0 Å². The lowest BCUT2D eigenvalue weighted by molar-refractivity contribution is -0.147. The van der Waals surface area contributed by atoms with Gasteiger partial charge in [0, 0.05) is 13.2 Å². The lowest BCUT2D eigenvalue weighted by Crippen LogP contribution is -2.39. The van der Waals surface area contributed by atoms with Crippen molar-refractivity contribution in [2.75, 3.05) is 33.4 Å². The van der Waals surface area contributed by atoms with Crippen LogP contribution in [0.4, 0.5) is 0 Å². The van der Waals surface area contributed by atoms with Crippen LogP contribution in [0.3, 0.4) is 0 Å². The molecule has 0 aliphatic carbocycles. The second-order valence-corrected chi connectivity index (χ2v) is 5.44. The van der Waals surface area contributed by atoms with E-state index in [-0.39, 0.29) is 11.9 Å². The van der Waals surface area contributed by atoms with Crippen molar-refractivity contribution in [1.29, 1.82) is 0 Å². The van der Waals surface area contributed by atoms with Gasteiger partial charge in [0.15, 0.2) is 0 Å². The Morgan fingerprint density at radius 1 is 1.39 bits per heavy atom. The van der Waals surface area contributed by atoms with Crippen molar-refractivity contribution in [2.24, 2.45) is 5.92 Å². The lowest BCUT2D eigenvalue weighted by atomic mass is 9.98. The number of rotatable bonds is 5. The maximum atomic E-state index is 11.5. The Balaban J connectivity index is 1.64. The van der Waals surface area contributed by atoms with E-state index in [1.807, 2.05) is 0 Å². The number of nitrogens with zero attached hydrogens (tertiary/aromatic N) is 1. The van der Waals surface area contributed by atoms with E-state index in [0.717, 1.165) is 39.1 Å². The fourth-order valence-corrected chi connectivity index (χ4v) is 3.03. The molecular formula is C14H25NO3. The van der Waals surface area contributed by atoms with Crippen LogP contribution in [-0.4, -0.2) is 50.3 Å². The fourth-order valence-electron chi connectivity index (χ4n) is 3.03. The SMILES string of the molecule is COC(=O)[C@H]1CCCN(CCCC2CCCO2)C1. The summed E-state index contributed by atoms with van der Waals surface area (Å²) in [6.45, 7) is 4.03. The highest BCUT2D eigenvalue weighted by molar-refractivity contribution is 5.72. The minimum Gasteiger partial charge on any atom is -0.469 e. The third-order valence-electron chi connectivity index (χ3n) is 4.06. The average Bonchev–Trinajstić information content (AvgIpc) is 2.91. The van der Waals surface area contributed by atoms with Crippen LogP contribution in [0.5, 0.6) is 0 Å². The summed E-state index contributed by atoms with van der Waals surface area (Å²) in [4.78, 5) is 13.9. The van der Waals surface area contributed by atoms with Gasteiger partial charge in [-0.2, -0.15) is 0 Å². The highest BCUT2D eigenvalue weighted by atomic mass is 16.5. The summed E-state index contributed by atoms with van der Waals surface area (Å²) in [5.74, 6) is 0.0466. The molecule has 4 heteroatoms. The molecule has 104 valence electrons. The van der Waals surface area contributed by atoms with E-state index in [9.17, 15) is 4.79 Å². The van der Waals surface area contributed by atoms with Gasteiger partial charge in [0.2, 0.25) is 0 Å². The van der Waals surface area contributed by atoms with E-state index in [2.05, 4.69) is 4.90 Å². The number of piperidine rings is 1. The maximum Gasteiger partial charge on any atom is 0.309 e. The number of methoxy groups -OCH3 is 1. The molecule has 0 N–H and O–H groups in total. The minimum absolute atomic E-state index is 0.0428. The highest BCUT2D eigenvalue weighted by Gasteiger charge is 2.26. The van der Waals surface area contributed by atoms with Crippen LogP contribution in [0.25, 0.3) is 0 Å². The number of carbonyl (C=O) groups excluding carboxylic acids is 1. The van der Waals surface area contributed by atoms with Gasteiger partial charge in [0.1, 0.15) is 0 Å². The van der Waals surface area contributed by atoms with Gasteiger partial charge >= 0.3 is 5.97 Å². The molecule has 0 saturated carbocycles. The third kappa shape index (κ3) is 3.95. The zero-order valence-electron chi connectivity index (χ0n) is 11.4. The molecule has 0 aromatic carbocycles. The van der Waals surface area contributed by atoms with Crippen LogP contribution in [0.15, 0.2) is 0 Å². The number of hydrogen-bond donors (Lipinski definition) is 0.